The second-order valence-corrected chi connectivity index (χ2v) is 6.75. The zero-order valence-electron chi connectivity index (χ0n) is 11.8. The molecule has 0 rings (SSSR count). The minimum absolute atomic E-state index is 0.226. The lowest BCUT2D eigenvalue weighted by Crippen LogP contribution is -2.34. The summed E-state index contributed by atoms with van der Waals surface area (Å²) in [4.78, 5) is 0. The summed E-state index contributed by atoms with van der Waals surface area (Å²) in [5.74, 6) is 0.245. The van der Waals surface area contributed by atoms with Crippen LogP contribution in [0.15, 0.2) is 0 Å². The number of methoxy groups -OCH3 is 1. The molecule has 0 spiro atoms. The van der Waals surface area contributed by atoms with Gasteiger partial charge in [0.25, 0.3) is 0 Å². The highest BCUT2D eigenvalue weighted by molar-refractivity contribution is 7.90. The largest absolute Gasteiger partial charge is 0.382 e. The molecule has 0 saturated heterocycles. The van der Waals surface area contributed by atoms with E-state index in [1.807, 2.05) is 0 Å². The van der Waals surface area contributed by atoms with Crippen LogP contribution in [0.2, 0.25) is 0 Å². The maximum Gasteiger partial charge on any atom is 0.147 e. The number of sulfone groups is 1. The fourth-order valence-corrected chi connectivity index (χ4v) is 2.24. The van der Waals surface area contributed by atoms with Gasteiger partial charge in [0.05, 0.1) is 19.8 Å². The van der Waals surface area contributed by atoms with Crippen LogP contribution in [0, 0.1) is 0 Å². The lowest BCUT2D eigenvalue weighted by atomic mass is 10.2. The van der Waals surface area contributed by atoms with Crippen molar-refractivity contribution in [2.45, 2.75) is 32.2 Å². The summed E-state index contributed by atoms with van der Waals surface area (Å²) >= 11 is 0. The molecular weight excluding hydrogens is 254 g/mol. The maximum absolute atomic E-state index is 11.1. The molecule has 1 N–H and O–H groups in total. The summed E-state index contributed by atoms with van der Waals surface area (Å²) in [7, 11) is -1.22. The predicted molar refractivity (Wildman–Crippen MR) is 73.7 cm³/mol. The highest BCUT2D eigenvalue weighted by atomic mass is 32.2. The van der Waals surface area contributed by atoms with Crippen LogP contribution in [0.1, 0.15) is 26.2 Å². The molecule has 0 amide bonds. The molecule has 110 valence electrons. The van der Waals surface area contributed by atoms with Crippen molar-refractivity contribution in [3.8, 4) is 0 Å². The predicted octanol–water partition coefficient (Wildman–Crippen LogP) is 0.842. The number of hydrogen-bond acceptors (Lipinski definition) is 5. The topological polar surface area (TPSA) is 64.6 Å². The van der Waals surface area contributed by atoms with Crippen molar-refractivity contribution in [2.75, 3.05) is 45.5 Å². The number of ether oxygens (including phenoxy) is 2. The van der Waals surface area contributed by atoms with Crippen LogP contribution in [0.3, 0.4) is 0 Å². The van der Waals surface area contributed by atoms with E-state index in [9.17, 15) is 8.42 Å². The van der Waals surface area contributed by atoms with Crippen LogP contribution in [0.25, 0.3) is 0 Å². The third-order valence-corrected chi connectivity index (χ3v) is 3.53. The molecule has 0 bridgehead atoms. The third-order valence-electron chi connectivity index (χ3n) is 2.50. The van der Waals surface area contributed by atoms with E-state index in [2.05, 4.69) is 12.2 Å². The minimum Gasteiger partial charge on any atom is -0.382 e. The van der Waals surface area contributed by atoms with E-state index in [0.717, 1.165) is 19.4 Å². The molecule has 0 aliphatic carbocycles. The van der Waals surface area contributed by atoms with E-state index < -0.39 is 9.84 Å². The fourth-order valence-electron chi connectivity index (χ4n) is 1.55. The molecule has 1 unspecified atom stereocenters. The Labute approximate surface area is 111 Å². The van der Waals surface area contributed by atoms with Gasteiger partial charge in [0.1, 0.15) is 9.84 Å². The summed E-state index contributed by atoms with van der Waals surface area (Å²) in [6, 6.07) is 0.226. The minimum atomic E-state index is -2.86. The van der Waals surface area contributed by atoms with Gasteiger partial charge in [0.2, 0.25) is 0 Å². The highest BCUT2D eigenvalue weighted by Gasteiger charge is 2.10. The van der Waals surface area contributed by atoms with Crippen molar-refractivity contribution in [3.63, 3.8) is 0 Å². The monoisotopic (exact) mass is 281 g/mol. The van der Waals surface area contributed by atoms with Gasteiger partial charge >= 0.3 is 0 Å². The Morgan fingerprint density at radius 1 is 1.28 bits per heavy atom. The van der Waals surface area contributed by atoms with Gasteiger partial charge in [-0.1, -0.05) is 6.92 Å². The Bertz CT molecular complexity index is 280. The average molecular weight is 281 g/mol. The van der Waals surface area contributed by atoms with Crippen molar-refractivity contribution in [1.82, 2.24) is 5.32 Å². The van der Waals surface area contributed by atoms with Gasteiger partial charge in [-0.3, -0.25) is 0 Å². The Hall–Kier alpha value is -0.170. The molecule has 0 aromatic heterocycles. The summed E-state index contributed by atoms with van der Waals surface area (Å²) < 4.78 is 32.5. The van der Waals surface area contributed by atoms with Crippen molar-refractivity contribution in [1.29, 1.82) is 0 Å². The second kappa shape index (κ2) is 10.7. The molecule has 0 aromatic rings. The van der Waals surface area contributed by atoms with Crippen molar-refractivity contribution in [3.05, 3.63) is 0 Å². The van der Waals surface area contributed by atoms with Crippen LogP contribution < -0.4 is 5.32 Å². The third kappa shape index (κ3) is 12.3. The Balaban J connectivity index is 3.83. The van der Waals surface area contributed by atoms with Crippen LogP contribution in [-0.4, -0.2) is 59.9 Å². The fraction of sp³-hybridized carbons (Fsp3) is 1.00. The molecule has 18 heavy (non-hydrogen) atoms. The molecule has 0 aliphatic heterocycles. The average Bonchev–Trinajstić information content (AvgIpc) is 2.29. The number of rotatable bonds is 12. The van der Waals surface area contributed by atoms with Crippen LogP contribution in [-0.2, 0) is 19.3 Å². The summed E-state index contributed by atoms with van der Waals surface area (Å²) in [5, 5.41) is 3.37. The summed E-state index contributed by atoms with van der Waals surface area (Å²) in [6.45, 7) is 4.80. The molecule has 0 fully saturated rings. The van der Waals surface area contributed by atoms with E-state index in [0.29, 0.717) is 26.2 Å². The molecule has 5 nitrogen and oxygen atoms in total. The molecule has 0 aliphatic rings. The smallest absolute Gasteiger partial charge is 0.147 e. The first-order chi connectivity index (χ1) is 8.49. The quantitative estimate of drug-likeness (QED) is 0.537. The number of nitrogens with one attached hydrogen (secondary N) is 1. The van der Waals surface area contributed by atoms with Gasteiger partial charge < -0.3 is 14.8 Å². The molecule has 0 saturated carbocycles. The van der Waals surface area contributed by atoms with E-state index >= 15 is 0 Å². The standard InChI is InChI=1S/C12H27NO4S/c1-4-7-13-12(11-17-9-8-16-2)6-5-10-18(3,14)15/h12-13H,4-11H2,1-3H3. The van der Waals surface area contributed by atoms with Crippen molar-refractivity contribution < 1.29 is 17.9 Å². The van der Waals surface area contributed by atoms with Crippen LogP contribution in [0.5, 0.6) is 0 Å². The first kappa shape index (κ1) is 17.8. The molecule has 1 atom stereocenters. The maximum atomic E-state index is 11.1. The molecule has 0 aromatic carbocycles. The van der Waals surface area contributed by atoms with Gasteiger partial charge in [-0.05, 0) is 25.8 Å². The van der Waals surface area contributed by atoms with Gasteiger partial charge in [-0.25, -0.2) is 8.42 Å². The Morgan fingerprint density at radius 2 is 2.00 bits per heavy atom. The Kier molecular flexibility index (Phi) is 10.6. The van der Waals surface area contributed by atoms with Gasteiger partial charge in [0.15, 0.2) is 0 Å². The van der Waals surface area contributed by atoms with E-state index in [1.165, 1.54) is 6.26 Å². The lowest BCUT2D eigenvalue weighted by molar-refractivity contribution is 0.0574. The lowest BCUT2D eigenvalue weighted by Gasteiger charge is -2.18. The SMILES string of the molecule is CCCNC(CCCS(C)(=O)=O)COCCOC. The van der Waals surface area contributed by atoms with E-state index in [1.54, 1.807) is 7.11 Å². The van der Waals surface area contributed by atoms with E-state index in [4.69, 9.17) is 9.47 Å². The van der Waals surface area contributed by atoms with Gasteiger partial charge in [-0.2, -0.15) is 0 Å². The first-order valence-corrected chi connectivity index (χ1v) is 8.53. The van der Waals surface area contributed by atoms with Crippen LogP contribution >= 0.6 is 0 Å². The first-order valence-electron chi connectivity index (χ1n) is 6.47. The van der Waals surface area contributed by atoms with Gasteiger partial charge in [-0.15, -0.1) is 0 Å². The van der Waals surface area contributed by atoms with E-state index in [-0.39, 0.29) is 11.8 Å². The summed E-state index contributed by atoms with van der Waals surface area (Å²) in [5.41, 5.74) is 0. The van der Waals surface area contributed by atoms with Gasteiger partial charge in [0, 0.05) is 25.2 Å². The van der Waals surface area contributed by atoms with Crippen molar-refractivity contribution >= 4 is 9.84 Å². The molecular formula is C12H27NO4S. The zero-order chi connectivity index (χ0) is 13.9. The Morgan fingerprint density at radius 3 is 2.56 bits per heavy atom. The zero-order valence-corrected chi connectivity index (χ0v) is 12.6. The molecule has 0 heterocycles. The second-order valence-electron chi connectivity index (χ2n) is 4.49. The number of hydrogen-bond donors (Lipinski definition) is 1. The summed E-state index contributed by atoms with van der Waals surface area (Å²) in [6.07, 6.45) is 3.82. The normalized spacial score (nSPS) is 13.7. The highest BCUT2D eigenvalue weighted by Crippen LogP contribution is 2.01. The van der Waals surface area contributed by atoms with Crippen molar-refractivity contribution in [2.24, 2.45) is 0 Å². The molecule has 0 radical (unpaired) electrons. The van der Waals surface area contributed by atoms with Crippen LogP contribution in [0.4, 0.5) is 0 Å². The molecule has 6 heteroatoms.